The number of aryl methyl sites for hydroxylation is 1. The van der Waals surface area contributed by atoms with Crippen LogP contribution in [0, 0.1) is 12.7 Å². The van der Waals surface area contributed by atoms with Gasteiger partial charge >= 0.3 is 0 Å². The monoisotopic (exact) mass is 260 g/mol. The summed E-state index contributed by atoms with van der Waals surface area (Å²) < 4.78 is 13.8. The Morgan fingerprint density at radius 3 is 2.58 bits per heavy atom. The fourth-order valence-corrected chi connectivity index (χ4v) is 1.56. The third kappa shape index (κ3) is 2.86. The topological polar surface area (TPSA) is 80.0 Å². The number of nitrogen functional groups attached to an aromatic ring is 1. The number of nitrogens with one attached hydrogen (secondary N) is 2. The van der Waals surface area contributed by atoms with Gasteiger partial charge in [0.05, 0.1) is 5.56 Å². The number of hydrogen-bond donors (Lipinski definition) is 3. The van der Waals surface area contributed by atoms with E-state index in [-0.39, 0.29) is 11.4 Å². The summed E-state index contributed by atoms with van der Waals surface area (Å²) in [6.45, 7) is 1.94. The number of anilines is 2. The molecule has 1 aromatic heterocycles. The second-order valence-corrected chi connectivity index (χ2v) is 3.99. The van der Waals surface area contributed by atoms with Gasteiger partial charge in [0.15, 0.2) is 11.6 Å². The number of halogens is 1. The molecule has 0 radical (unpaired) electrons. The van der Waals surface area contributed by atoms with Crippen LogP contribution in [-0.4, -0.2) is 10.9 Å². The van der Waals surface area contributed by atoms with Gasteiger partial charge < -0.3 is 10.7 Å². The molecule has 0 aliphatic heterocycles. The summed E-state index contributed by atoms with van der Waals surface area (Å²) >= 11 is 0. The highest BCUT2D eigenvalue weighted by Crippen LogP contribution is 2.16. The van der Waals surface area contributed by atoms with E-state index in [1.807, 2.05) is 19.1 Å². The zero-order chi connectivity index (χ0) is 13.8. The molecule has 1 heterocycles. The van der Waals surface area contributed by atoms with Crippen molar-refractivity contribution in [3.63, 3.8) is 0 Å². The lowest BCUT2D eigenvalue weighted by molar-refractivity contribution is 0.102. The molecule has 5 nitrogen and oxygen atoms in total. The Labute approximate surface area is 109 Å². The van der Waals surface area contributed by atoms with Gasteiger partial charge in [-0.3, -0.25) is 4.79 Å². The second-order valence-electron chi connectivity index (χ2n) is 3.99. The molecular formula is C13H13FN4O. The number of hydrogen-bond acceptors (Lipinski definition) is 4. The summed E-state index contributed by atoms with van der Waals surface area (Å²) in [6.07, 6.45) is 1.31. The molecule has 98 valence electrons. The number of amides is 1. The van der Waals surface area contributed by atoms with Crippen molar-refractivity contribution in [2.45, 2.75) is 6.92 Å². The highest BCUT2D eigenvalue weighted by atomic mass is 19.1. The molecule has 0 spiro atoms. The van der Waals surface area contributed by atoms with E-state index in [0.717, 1.165) is 5.56 Å². The summed E-state index contributed by atoms with van der Waals surface area (Å²) in [6, 6.07) is 8.49. The van der Waals surface area contributed by atoms with Crippen LogP contribution in [0.25, 0.3) is 0 Å². The van der Waals surface area contributed by atoms with Gasteiger partial charge in [0.2, 0.25) is 0 Å². The number of nitrogens with two attached hydrogens (primary N) is 1. The van der Waals surface area contributed by atoms with Gasteiger partial charge in [-0.2, -0.15) is 0 Å². The summed E-state index contributed by atoms with van der Waals surface area (Å²) in [5.41, 5.74) is 3.64. The molecule has 0 atom stereocenters. The Kier molecular flexibility index (Phi) is 3.72. The molecule has 0 saturated carbocycles. The number of carbonyl (C=O) groups excluding carboxylic acids is 1. The maximum Gasteiger partial charge on any atom is 0.258 e. The standard InChI is InChI=1S/C13H13FN4O/c1-8-2-4-9(5-3-8)17-13(19)10-6-7-16-12(18-15)11(10)14/h2-7H,15H2,1H3,(H,16,18)(H,17,19). The SMILES string of the molecule is Cc1ccc(NC(=O)c2ccnc(NN)c2F)cc1. The van der Waals surface area contributed by atoms with Crippen molar-refractivity contribution in [1.29, 1.82) is 0 Å². The van der Waals surface area contributed by atoms with Crippen molar-refractivity contribution < 1.29 is 9.18 Å². The van der Waals surface area contributed by atoms with Crippen molar-refractivity contribution in [3.05, 3.63) is 53.5 Å². The van der Waals surface area contributed by atoms with E-state index in [9.17, 15) is 9.18 Å². The van der Waals surface area contributed by atoms with Crippen molar-refractivity contribution in [1.82, 2.24) is 4.98 Å². The molecule has 0 bridgehead atoms. The predicted octanol–water partition coefficient (Wildman–Crippen LogP) is 2.07. The Morgan fingerprint density at radius 1 is 1.26 bits per heavy atom. The van der Waals surface area contributed by atoms with Gasteiger partial charge in [0.25, 0.3) is 5.91 Å². The molecule has 2 rings (SSSR count). The zero-order valence-electron chi connectivity index (χ0n) is 10.3. The lowest BCUT2D eigenvalue weighted by atomic mass is 10.2. The van der Waals surface area contributed by atoms with E-state index < -0.39 is 11.7 Å². The summed E-state index contributed by atoms with van der Waals surface area (Å²) in [5.74, 6) is 3.60. The normalized spacial score (nSPS) is 10.1. The molecule has 2 aromatic rings. The molecule has 0 unspecified atom stereocenters. The van der Waals surface area contributed by atoms with Crippen LogP contribution >= 0.6 is 0 Å². The number of aromatic nitrogens is 1. The average Bonchev–Trinajstić information content (AvgIpc) is 2.41. The van der Waals surface area contributed by atoms with Crippen LogP contribution in [0.15, 0.2) is 36.5 Å². The first-order chi connectivity index (χ1) is 9.11. The van der Waals surface area contributed by atoms with Crippen LogP contribution in [-0.2, 0) is 0 Å². The highest BCUT2D eigenvalue weighted by Gasteiger charge is 2.15. The highest BCUT2D eigenvalue weighted by molar-refractivity contribution is 6.04. The summed E-state index contributed by atoms with van der Waals surface area (Å²) in [5, 5.41) is 2.60. The fourth-order valence-electron chi connectivity index (χ4n) is 1.56. The van der Waals surface area contributed by atoms with Gasteiger partial charge in [-0.25, -0.2) is 15.2 Å². The van der Waals surface area contributed by atoms with Crippen molar-refractivity contribution in [3.8, 4) is 0 Å². The van der Waals surface area contributed by atoms with Crippen LogP contribution in [0.4, 0.5) is 15.9 Å². The lowest BCUT2D eigenvalue weighted by Crippen LogP contribution is -2.17. The van der Waals surface area contributed by atoms with Gasteiger partial charge in [0, 0.05) is 11.9 Å². The maximum absolute atomic E-state index is 13.8. The first-order valence-corrected chi connectivity index (χ1v) is 5.61. The fraction of sp³-hybridized carbons (Fsp3) is 0.0769. The van der Waals surface area contributed by atoms with Crippen LogP contribution < -0.4 is 16.6 Å². The molecule has 1 amide bonds. The quantitative estimate of drug-likeness (QED) is 0.583. The molecule has 0 saturated heterocycles. The molecule has 6 heteroatoms. The molecule has 0 fully saturated rings. The van der Waals surface area contributed by atoms with Gasteiger partial charge in [-0.1, -0.05) is 17.7 Å². The van der Waals surface area contributed by atoms with Crippen LogP contribution in [0.3, 0.4) is 0 Å². The first-order valence-electron chi connectivity index (χ1n) is 5.61. The Bertz CT molecular complexity index is 598. The Balaban J connectivity index is 2.23. The minimum atomic E-state index is -0.783. The predicted molar refractivity (Wildman–Crippen MR) is 71.1 cm³/mol. The number of pyridine rings is 1. The van der Waals surface area contributed by atoms with Gasteiger partial charge in [-0.05, 0) is 25.1 Å². The third-order valence-corrected chi connectivity index (χ3v) is 2.58. The van der Waals surface area contributed by atoms with E-state index in [4.69, 9.17) is 5.84 Å². The number of hydrazine groups is 1. The average molecular weight is 260 g/mol. The maximum atomic E-state index is 13.8. The van der Waals surface area contributed by atoms with Crippen LogP contribution in [0.5, 0.6) is 0 Å². The number of nitrogens with zero attached hydrogens (tertiary/aromatic N) is 1. The Morgan fingerprint density at radius 2 is 1.95 bits per heavy atom. The Hall–Kier alpha value is -2.47. The summed E-state index contributed by atoms with van der Waals surface area (Å²) in [7, 11) is 0. The van der Waals surface area contributed by atoms with Crippen molar-refractivity contribution in [2.24, 2.45) is 5.84 Å². The van der Waals surface area contributed by atoms with Gasteiger partial charge in [0.1, 0.15) is 0 Å². The largest absolute Gasteiger partial charge is 0.322 e. The van der Waals surface area contributed by atoms with Crippen molar-refractivity contribution in [2.75, 3.05) is 10.7 Å². The molecule has 19 heavy (non-hydrogen) atoms. The van der Waals surface area contributed by atoms with E-state index in [0.29, 0.717) is 5.69 Å². The van der Waals surface area contributed by atoms with Gasteiger partial charge in [-0.15, -0.1) is 0 Å². The van der Waals surface area contributed by atoms with Crippen LogP contribution in [0.2, 0.25) is 0 Å². The number of rotatable bonds is 3. The molecule has 0 aliphatic rings. The first kappa shape index (κ1) is 13.0. The molecular weight excluding hydrogens is 247 g/mol. The zero-order valence-corrected chi connectivity index (χ0v) is 10.3. The van der Waals surface area contributed by atoms with Crippen LogP contribution in [0.1, 0.15) is 15.9 Å². The van der Waals surface area contributed by atoms with E-state index in [2.05, 4.69) is 15.7 Å². The minimum absolute atomic E-state index is 0.122. The van der Waals surface area contributed by atoms with E-state index in [1.165, 1.54) is 12.3 Å². The number of benzene rings is 1. The van der Waals surface area contributed by atoms with E-state index >= 15 is 0 Å². The minimum Gasteiger partial charge on any atom is -0.322 e. The second kappa shape index (κ2) is 5.45. The lowest BCUT2D eigenvalue weighted by Gasteiger charge is -2.08. The smallest absolute Gasteiger partial charge is 0.258 e. The third-order valence-electron chi connectivity index (χ3n) is 2.58. The molecule has 1 aromatic carbocycles. The number of carbonyl (C=O) groups is 1. The molecule has 0 aliphatic carbocycles. The van der Waals surface area contributed by atoms with E-state index in [1.54, 1.807) is 12.1 Å². The summed E-state index contributed by atoms with van der Waals surface area (Å²) in [4.78, 5) is 15.6. The molecule has 4 N–H and O–H groups in total. The van der Waals surface area contributed by atoms with Crippen molar-refractivity contribution >= 4 is 17.4 Å².